The third-order valence-electron chi connectivity index (χ3n) is 4.65. The van der Waals surface area contributed by atoms with Crippen molar-refractivity contribution in [3.8, 4) is 5.75 Å². The second-order valence-electron chi connectivity index (χ2n) is 7.97. The molecule has 1 aromatic carbocycles. The average molecular weight is 356 g/mol. The van der Waals surface area contributed by atoms with E-state index >= 15 is 0 Å². The quantitative estimate of drug-likeness (QED) is 0.842. The molecule has 26 heavy (non-hydrogen) atoms. The number of hydrogen-bond donors (Lipinski definition) is 1. The highest BCUT2D eigenvalue weighted by atomic mass is 16.5. The summed E-state index contributed by atoms with van der Waals surface area (Å²) in [4.78, 5) is 39.0. The summed E-state index contributed by atoms with van der Waals surface area (Å²) >= 11 is 0. The van der Waals surface area contributed by atoms with Gasteiger partial charge in [0.2, 0.25) is 5.91 Å². The number of nitrogens with zero attached hydrogens (tertiary/aromatic N) is 1. The van der Waals surface area contributed by atoms with E-state index in [-0.39, 0.29) is 16.9 Å². The standard InChI is InChI=1S/C20H24N2O4/c1-12-8-9-14(17(23)21-12)22-18(24)13-6-5-7-15(16(13)19(22)25)26-11-10-20(2,3)4/h5-7,14H,1,8-11H2,2-4H3,(H,21,23). The van der Waals surface area contributed by atoms with Crippen LogP contribution in [0.4, 0.5) is 0 Å². The number of nitrogens with one attached hydrogen (secondary N) is 1. The van der Waals surface area contributed by atoms with Gasteiger partial charge in [-0.15, -0.1) is 0 Å². The summed E-state index contributed by atoms with van der Waals surface area (Å²) in [6.07, 6.45) is 1.74. The first kappa shape index (κ1) is 18.2. The Hall–Kier alpha value is -2.63. The van der Waals surface area contributed by atoms with Gasteiger partial charge in [0.05, 0.1) is 17.7 Å². The molecule has 0 radical (unpaired) electrons. The Morgan fingerprint density at radius 3 is 2.62 bits per heavy atom. The van der Waals surface area contributed by atoms with E-state index in [9.17, 15) is 14.4 Å². The van der Waals surface area contributed by atoms with E-state index in [0.29, 0.717) is 36.5 Å². The molecular formula is C20H24N2O4. The van der Waals surface area contributed by atoms with Crippen LogP contribution in [0.5, 0.6) is 5.75 Å². The van der Waals surface area contributed by atoms with Crippen LogP contribution in [0, 0.1) is 5.41 Å². The van der Waals surface area contributed by atoms with Gasteiger partial charge < -0.3 is 10.1 Å². The first-order valence-electron chi connectivity index (χ1n) is 8.81. The Morgan fingerprint density at radius 1 is 1.23 bits per heavy atom. The molecule has 2 aliphatic rings. The van der Waals surface area contributed by atoms with Crippen LogP contribution in [0.3, 0.4) is 0 Å². The Bertz CT molecular complexity index is 791. The molecule has 2 heterocycles. The fourth-order valence-electron chi connectivity index (χ4n) is 3.15. The predicted molar refractivity (Wildman–Crippen MR) is 96.8 cm³/mol. The number of allylic oxidation sites excluding steroid dienone is 1. The highest BCUT2D eigenvalue weighted by molar-refractivity contribution is 6.24. The van der Waals surface area contributed by atoms with Gasteiger partial charge in [0.25, 0.3) is 11.8 Å². The molecule has 0 aromatic heterocycles. The summed E-state index contributed by atoms with van der Waals surface area (Å²) in [7, 11) is 0. The van der Waals surface area contributed by atoms with Gasteiger partial charge in [-0.3, -0.25) is 19.3 Å². The van der Waals surface area contributed by atoms with Gasteiger partial charge in [-0.1, -0.05) is 33.4 Å². The summed E-state index contributed by atoms with van der Waals surface area (Å²) in [5, 5.41) is 2.63. The molecule has 0 bridgehead atoms. The zero-order chi connectivity index (χ0) is 19.1. The lowest BCUT2D eigenvalue weighted by Crippen LogP contribution is -2.51. The van der Waals surface area contributed by atoms with E-state index < -0.39 is 17.9 Å². The first-order valence-corrected chi connectivity index (χ1v) is 8.81. The van der Waals surface area contributed by atoms with Crippen molar-refractivity contribution in [3.63, 3.8) is 0 Å². The molecule has 1 saturated heterocycles. The summed E-state index contributed by atoms with van der Waals surface area (Å²) < 4.78 is 5.81. The summed E-state index contributed by atoms with van der Waals surface area (Å²) in [5.74, 6) is -0.887. The van der Waals surface area contributed by atoms with E-state index in [2.05, 4.69) is 32.7 Å². The Morgan fingerprint density at radius 2 is 1.96 bits per heavy atom. The van der Waals surface area contributed by atoms with Crippen molar-refractivity contribution >= 4 is 17.7 Å². The van der Waals surface area contributed by atoms with Crippen LogP contribution in [-0.4, -0.2) is 35.3 Å². The minimum atomic E-state index is -0.810. The van der Waals surface area contributed by atoms with E-state index in [1.807, 2.05) is 0 Å². The molecule has 6 nitrogen and oxygen atoms in total. The van der Waals surface area contributed by atoms with Gasteiger partial charge in [0, 0.05) is 5.70 Å². The van der Waals surface area contributed by atoms with Crippen molar-refractivity contribution in [2.75, 3.05) is 6.61 Å². The topological polar surface area (TPSA) is 75.7 Å². The Labute approximate surface area is 153 Å². The third-order valence-corrected chi connectivity index (χ3v) is 4.65. The SMILES string of the molecule is C=C1CCC(N2C(=O)c3cccc(OCCC(C)(C)C)c3C2=O)C(=O)N1. The maximum atomic E-state index is 12.9. The number of piperidine rings is 1. The average Bonchev–Trinajstić information content (AvgIpc) is 2.79. The molecule has 1 N–H and O–H groups in total. The van der Waals surface area contributed by atoms with Gasteiger partial charge in [0.15, 0.2) is 0 Å². The van der Waals surface area contributed by atoms with Gasteiger partial charge in [-0.05, 0) is 36.8 Å². The van der Waals surface area contributed by atoms with Crippen LogP contribution in [-0.2, 0) is 4.79 Å². The van der Waals surface area contributed by atoms with E-state index in [1.54, 1.807) is 18.2 Å². The van der Waals surface area contributed by atoms with Gasteiger partial charge >= 0.3 is 0 Å². The maximum absolute atomic E-state index is 12.9. The largest absolute Gasteiger partial charge is 0.493 e. The number of rotatable bonds is 4. The second-order valence-corrected chi connectivity index (χ2v) is 7.97. The molecule has 3 rings (SSSR count). The number of benzene rings is 1. The monoisotopic (exact) mass is 356 g/mol. The fraction of sp³-hybridized carbons (Fsp3) is 0.450. The highest BCUT2D eigenvalue weighted by Gasteiger charge is 2.45. The summed E-state index contributed by atoms with van der Waals surface area (Å²) in [6, 6.07) is 4.18. The molecule has 1 aromatic rings. The predicted octanol–water partition coefficient (Wildman–Crippen LogP) is 2.89. The van der Waals surface area contributed by atoms with Crippen molar-refractivity contribution in [2.45, 2.75) is 46.1 Å². The van der Waals surface area contributed by atoms with Crippen LogP contribution in [0.2, 0.25) is 0 Å². The normalized spacial score (nSPS) is 20.3. The summed E-state index contributed by atoms with van der Waals surface area (Å²) in [5.41, 5.74) is 1.25. The number of fused-ring (bicyclic) bond motifs is 1. The van der Waals surface area contributed by atoms with Crippen LogP contribution < -0.4 is 10.1 Å². The minimum absolute atomic E-state index is 0.104. The third kappa shape index (κ3) is 3.36. The molecule has 138 valence electrons. The van der Waals surface area contributed by atoms with Crippen LogP contribution in [0.1, 0.15) is 60.7 Å². The van der Waals surface area contributed by atoms with Crippen LogP contribution >= 0.6 is 0 Å². The fourth-order valence-corrected chi connectivity index (χ4v) is 3.15. The van der Waals surface area contributed by atoms with Crippen molar-refractivity contribution < 1.29 is 19.1 Å². The number of imide groups is 1. The smallest absolute Gasteiger partial charge is 0.266 e. The molecule has 3 amide bonds. The number of ether oxygens (including phenoxy) is 1. The molecule has 0 saturated carbocycles. The van der Waals surface area contributed by atoms with Crippen molar-refractivity contribution in [2.24, 2.45) is 5.41 Å². The van der Waals surface area contributed by atoms with Gasteiger partial charge in [0.1, 0.15) is 11.8 Å². The van der Waals surface area contributed by atoms with Gasteiger partial charge in [-0.25, -0.2) is 0 Å². The maximum Gasteiger partial charge on any atom is 0.266 e. The van der Waals surface area contributed by atoms with Gasteiger partial charge in [-0.2, -0.15) is 0 Å². The Kier molecular flexibility index (Phi) is 4.61. The Balaban J connectivity index is 1.85. The second kappa shape index (κ2) is 6.59. The number of amides is 3. The lowest BCUT2D eigenvalue weighted by molar-refractivity contribution is -0.125. The molecule has 1 unspecified atom stereocenters. The zero-order valence-electron chi connectivity index (χ0n) is 15.4. The van der Waals surface area contributed by atoms with Crippen LogP contribution in [0.25, 0.3) is 0 Å². The molecule has 2 aliphatic heterocycles. The first-order chi connectivity index (χ1) is 12.2. The van der Waals surface area contributed by atoms with Crippen LogP contribution in [0.15, 0.2) is 30.5 Å². The molecule has 6 heteroatoms. The van der Waals surface area contributed by atoms with E-state index in [4.69, 9.17) is 4.74 Å². The van der Waals surface area contributed by atoms with Crippen molar-refractivity contribution in [3.05, 3.63) is 41.6 Å². The molecular weight excluding hydrogens is 332 g/mol. The number of carbonyl (C=O) groups excluding carboxylic acids is 3. The van der Waals surface area contributed by atoms with E-state index in [0.717, 1.165) is 11.3 Å². The number of carbonyl (C=O) groups is 3. The van der Waals surface area contributed by atoms with Crippen molar-refractivity contribution in [1.82, 2.24) is 10.2 Å². The molecule has 0 aliphatic carbocycles. The van der Waals surface area contributed by atoms with E-state index in [1.165, 1.54) is 0 Å². The summed E-state index contributed by atoms with van der Waals surface area (Å²) in [6.45, 7) is 10.5. The lowest BCUT2D eigenvalue weighted by Gasteiger charge is -2.29. The lowest BCUT2D eigenvalue weighted by atomic mass is 9.93. The number of hydrogen-bond acceptors (Lipinski definition) is 4. The minimum Gasteiger partial charge on any atom is -0.493 e. The molecule has 1 fully saturated rings. The van der Waals surface area contributed by atoms with Crippen molar-refractivity contribution in [1.29, 1.82) is 0 Å². The molecule has 0 spiro atoms. The molecule has 1 atom stereocenters. The zero-order valence-corrected chi connectivity index (χ0v) is 15.4. The highest BCUT2D eigenvalue weighted by Crippen LogP contribution is 2.34.